The van der Waals surface area contributed by atoms with Gasteiger partial charge in [-0.15, -0.1) is 0 Å². The fourth-order valence-corrected chi connectivity index (χ4v) is 7.76. The van der Waals surface area contributed by atoms with Crippen molar-refractivity contribution in [3.63, 3.8) is 0 Å². The number of fused-ring (bicyclic) bond motifs is 9. The van der Waals surface area contributed by atoms with Gasteiger partial charge < -0.3 is 0 Å². The summed E-state index contributed by atoms with van der Waals surface area (Å²) < 4.78 is 0. The Hall–Kier alpha value is -4.68. The van der Waals surface area contributed by atoms with E-state index in [1.807, 2.05) is 83.1 Å². The Balaban J connectivity index is 0.000000377. The maximum atomic E-state index is 2.31. The molecule has 3 aliphatic rings. The van der Waals surface area contributed by atoms with Crippen LogP contribution in [0.25, 0.3) is 33.4 Å². The van der Waals surface area contributed by atoms with Crippen molar-refractivity contribution in [2.75, 3.05) is 0 Å². The predicted octanol–water partition coefficient (Wildman–Crippen LogP) is 17.8. The van der Waals surface area contributed by atoms with Crippen LogP contribution in [0.2, 0.25) is 0 Å². The van der Waals surface area contributed by atoms with Gasteiger partial charge in [-0.25, -0.2) is 0 Å². The molecular weight excluding hydrogens is 685 g/mol. The van der Waals surface area contributed by atoms with Gasteiger partial charge in [-0.3, -0.25) is 0 Å². The van der Waals surface area contributed by atoms with Gasteiger partial charge in [0.1, 0.15) is 0 Å². The quantitative estimate of drug-likeness (QED) is 0.144. The molecule has 0 saturated heterocycles. The molecule has 0 nitrogen and oxygen atoms in total. The van der Waals surface area contributed by atoms with Gasteiger partial charge in [-0.1, -0.05) is 203 Å². The minimum Gasteiger partial charge on any atom is -0.0683 e. The van der Waals surface area contributed by atoms with Crippen LogP contribution in [-0.2, 0) is 19.3 Å². The normalized spacial score (nSPS) is 10.4. The summed E-state index contributed by atoms with van der Waals surface area (Å²) in [5.41, 5.74) is 26.1. The van der Waals surface area contributed by atoms with Crippen LogP contribution in [-0.4, -0.2) is 0 Å². The molecule has 0 unspecified atom stereocenters. The summed E-state index contributed by atoms with van der Waals surface area (Å²) >= 11 is 0. The van der Waals surface area contributed by atoms with Gasteiger partial charge in [-0.05, 0) is 150 Å². The van der Waals surface area contributed by atoms with E-state index in [9.17, 15) is 0 Å². The summed E-state index contributed by atoms with van der Waals surface area (Å²) in [4.78, 5) is 0. The topological polar surface area (TPSA) is 0 Å². The Morgan fingerprint density at radius 2 is 0.561 bits per heavy atom. The molecule has 0 spiro atoms. The largest absolute Gasteiger partial charge is 0.0683 e. The second kappa shape index (κ2) is 26.3. The molecule has 0 saturated carbocycles. The summed E-state index contributed by atoms with van der Waals surface area (Å²) in [6, 6.07) is 39.9. The number of hydrogen-bond donors (Lipinski definition) is 0. The van der Waals surface area contributed by atoms with Gasteiger partial charge in [0.05, 0.1) is 0 Å². The average Bonchev–Trinajstić information content (AvgIpc) is 3.96. The molecule has 0 heteroatoms. The van der Waals surface area contributed by atoms with E-state index in [0.717, 1.165) is 19.3 Å². The first kappa shape index (κ1) is 50.3. The number of hydrogen-bond acceptors (Lipinski definition) is 0. The fourth-order valence-electron chi connectivity index (χ4n) is 7.76. The molecule has 0 amide bonds. The maximum Gasteiger partial charge on any atom is -0.000820 e. The van der Waals surface area contributed by atoms with E-state index in [-0.39, 0.29) is 0 Å². The van der Waals surface area contributed by atoms with Gasteiger partial charge >= 0.3 is 0 Å². The number of aryl methyl sites for hydroxylation is 6. The molecule has 306 valence electrons. The van der Waals surface area contributed by atoms with Crippen molar-refractivity contribution in [3.05, 3.63) is 176 Å². The molecule has 0 aromatic heterocycles. The van der Waals surface area contributed by atoms with Crippen LogP contribution in [0.4, 0.5) is 0 Å². The Bertz CT molecular complexity index is 1940. The van der Waals surface area contributed by atoms with Gasteiger partial charge in [0.25, 0.3) is 0 Å². The Labute approximate surface area is 351 Å². The molecule has 0 atom stereocenters. The fraction of sp³-hybridized carbons (Fsp3) is 0.368. The minimum atomic E-state index is 1.11. The lowest BCUT2D eigenvalue weighted by molar-refractivity contribution is 1.19. The molecule has 9 rings (SSSR count). The summed E-state index contributed by atoms with van der Waals surface area (Å²) in [6.45, 7) is 37.2. The third-order valence-electron chi connectivity index (χ3n) is 10.0. The van der Waals surface area contributed by atoms with E-state index in [1.165, 1.54) is 100 Å². The highest BCUT2D eigenvalue weighted by molar-refractivity contribution is 5.80. The Morgan fingerprint density at radius 3 is 0.912 bits per heavy atom. The van der Waals surface area contributed by atoms with Crippen molar-refractivity contribution in [1.82, 2.24) is 0 Å². The zero-order chi connectivity index (χ0) is 43.2. The molecular formula is C57H78. The van der Waals surface area contributed by atoms with Crippen LogP contribution in [0, 0.1) is 41.5 Å². The third-order valence-corrected chi connectivity index (χ3v) is 10.0. The third kappa shape index (κ3) is 12.2. The highest BCUT2D eigenvalue weighted by atomic mass is 14.3. The van der Waals surface area contributed by atoms with Crippen molar-refractivity contribution < 1.29 is 0 Å². The lowest BCUT2D eigenvalue weighted by Gasteiger charge is -2.05. The lowest BCUT2D eigenvalue weighted by Crippen LogP contribution is -1.87. The van der Waals surface area contributed by atoms with Gasteiger partial charge in [-0.2, -0.15) is 0 Å². The van der Waals surface area contributed by atoms with E-state index < -0.39 is 0 Å². The molecule has 0 N–H and O–H groups in total. The lowest BCUT2D eigenvalue weighted by atomic mass is 9.99. The minimum absolute atomic E-state index is 1.11. The predicted molar refractivity (Wildman–Crippen MR) is 261 cm³/mol. The van der Waals surface area contributed by atoms with Crippen LogP contribution >= 0.6 is 0 Å². The average molecular weight is 763 g/mol. The van der Waals surface area contributed by atoms with E-state index in [4.69, 9.17) is 0 Å². The van der Waals surface area contributed by atoms with Gasteiger partial charge in [0.15, 0.2) is 0 Å². The van der Waals surface area contributed by atoms with Crippen molar-refractivity contribution in [3.8, 4) is 33.4 Å². The standard InChI is InChI=1S/3C15H14.6C2H6/c1-10-5-3-7-12-13-8-4-6-11(2)15(13)9-14(10)12;2*1-10-7-11(2)14-9-12-5-3-4-6-13(12)15(14)8-10;6*1-2/h3*3-8H,9H2,1-2H3;6*1-2H3. The van der Waals surface area contributed by atoms with E-state index in [2.05, 4.69) is 151 Å². The van der Waals surface area contributed by atoms with Crippen LogP contribution in [0.1, 0.15) is 150 Å². The van der Waals surface area contributed by atoms with Gasteiger partial charge in [0, 0.05) is 0 Å². The molecule has 57 heavy (non-hydrogen) atoms. The highest BCUT2D eigenvalue weighted by Crippen LogP contribution is 2.41. The second-order valence-corrected chi connectivity index (χ2v) is 13.3. The van der Waals surface area contributed by atoms with Crippen molar-refractivity contribution in [1.29, 1.82) is 0 Å². The summed E-state index contributed by atoms with van der Waals surface area (Å²) in [5.74, 6) is 0. The monoisotopic (exact) mass is 763 g/mol. The SMILES string of the molecule is CC.CC.CC.CC.CC.CC.Cc1cc(C)c2c(c1)-c1ccccc1C2.Cc1cc(C)c2c(c1)-c1ccccc1C2.Cc1cccc2c1Cc1c(C)cccc1-2. The van der Waals surface area contributed by atoms with Gasteiger partial charge in [0.2, 0.25) is 0 Å². The van der Waals surface area contributed by atoms with Crippen LogP contribution in [0.5, 0.6) is 0 Å². The summed E-state index contributed by atoms with van der Waals surface area (Å²) in [6.07, 6.45) is 3.33. The van der Waals surface area contributed by atoms with Crippen molar-refractivity contribution >= 4 is 0 Å². The molecule has 0 fully saturated rings. The highest BCUT2D eigenvalue weighted by Gasteiger charge is 2.22. The zero-order valence-electron chi connectivity index (χ0n) is 39.5. The first-order valence-corrected chi connectivity index (χ1v) is 22.3. The summed E-state index contributed by atoms with van der Waals surface area (Å²) in [5, 5.41) is 0. The molecule has 6 aromatic carbocycles. The van der Waals surface area contributed by atoms with E-state index in [0.29, 0.717) is 0 Å². The molecule has 0 bridgehead atoms. The number of benzene rings is 6. The molecule has 6 aromatic rings. The van der Waals surface area contributed by atoms with E-state index >= 15 is 0 Å². The van der Waals surface area contributed by atoms with Crippen molar-refractivity contribution in [2.45, 2.75) is 144 Å². The molecule has 0 radical (unpaired) electrons. The second-order valence-electron chi connectivity index (χ2n) is 13.3. The smallest absolute Gasteiger partial charge is 0.000820 e. The zero-order valence-corrected chi connectivity index (χ0v) is 39.5. The maximum absolute atomic E-state index is 2.31. The first-order chi connectivity index (χ1) is 27.8. The molecule has 0 aliphatic heterocycles. The van der Waals surface area contributed by atoms with Crippen LogP contribution < -0.4 is 0 Å². The van der Waals surface area contributed by atoms with Crippen LogP contribution in [0.3, 0.4) is 0 Å². The molecule has 3 aliphatic carbocycles. The van der Waals surface area contributed by atoms with Crippen molar-refractivity contribution in [2.24, 2.45) is 0 Å². The summed E-state index contributed by atoms with van der Waals surface area (Å²) in [7, 11) is 0. The Kier molecular flexibility index (Phi) is 23.2. The van der Waals surface area contributed by atoms with Crippen LogP contribution in [0.15, 0.2) is 109 Å². The number of rotatable bonds is 0. The Morgan fingerprint density at radius 1 is 0.263 bits per heavy atom. The van der Waals surface area contributed by atoms with E-state index in [1.54, 1.807) is 0 Å². The first-order valence-electron chi connectivity index (χ1n) is 22.3. The molecule has 0 heterocycles.